The third-order valence-electron chi connectivity index (χ3n) is 5.64. The van der Waals surface area contributed by atoms with Crippen LogP contribution in [0.15, 0.2) is 89.6 Å². The van der Waals surface area contributed by atoms with Gasteiger partial charge < -0.3 is 14.8 Å². The molecule has 0 bridgehead atoms. The molecule has 2 N–H and O–H groups in total. The molecule has 5 heteroatoms. The van der Waals surface area contributed by atoms with Crippen molar-refractivity contribution in [2.24, 2.45) is 12.8 Å². The van der Waals surface area contributed by atoms with E-state index in [9.17, 15) is 0 Å². The second kappa shape index (κ2) is 8.20. The van der Waals surface area contributed by atoms with Gasteiger partial charge in [0.15, 0.2) is 5.82 Å². The topological polar surface area (TPSA) is 69.9 Å². The van der Waals surface area contributed by atoms with E-state index in [4.69, 9.17) is 10.3 Å². The quantitative estimate of drug-likeness (QED) is 0.426. The van der Waals surface area contributed by atoms with Gasteiger partial charge in [-0.2, -0.15) is 4.98 Å². The molecule has 2 aromatic heterocycles. The van der Waals surface area contributed by atoms with E-state index in [1.54, 1.807) is 0 Å². The van der Waals surface area contributed by atoms with Gasteiger partial charge in [-0.3, -0.25) is 0 Å². The van der Waals surface area contributed by atoms with Crippen LogP contribution in [0.2, 0.25) is 0 Å². The molecule has 1 atom stereocenters. The molecule has 3 aromatic carbocycles. The van der Waals surface area contributed by atoms with Crippen LogP contribution >= 0.6 is 0 Å². The van der Waals surface area contributed by atoms with Crippen LogP contribution in [-0.4, -0.2) is 14.7 Å². The molecule has 0 aliphatic heterocycles. The second-order valence-corrected chi connectivity index (χ2v) is 7.88. The van der Waals surface area contributed by atoms with E-state index in [1.807, 2.05) is 37.4 Å². The SMILES string of the molecule is Cn1cc(C[C@H](N)c2nc(Cc3ccc(-c4ccccc4)cc3)no2)c2ccccc21. The van der Waals surface area contributed by atoms with Gasteiger partial charge in [0, 0.05) is 30.6 Å². The van der Waals surface area contributed by atoms with Crippen molar-refractivity contribution in [3.63, 3.8) is 0 Å². The molecule has 0 amide bonds. The minimum Gasteiger partial charge on any atom is -0.350 e. The zero-order chi connectivity index (χ0) is 21.2. The summed E-state index contributed by atoms with van der Waals surface area (Å²) < 4.78 is 7.61. The van der Waals surface area contributed by atoms with E-state index >= 15 is 0 Å². The fourth-order valence-electron chi connectivity index (χ4n) is 4.03. The number of para-hydroxylation sites is 1. The monoisotopic (exact) mass is 408 g/mol. The number of hydrogen-bond donors (Lipinski definition) is 1. The van der Waals surface area contributed by atoms with Crippen molar-refractivity contribution in [3.05, 3.63) is 108 Å². The highest BCUT2D eigenvalue weighted by Crippen LogP contribution is 2.25. The fourth-order valence-corrected chi connectivity index (χ4v) is 4.03. The lowest BCUT2D eigenvalue weighted by Gasteiger charge is -2.05. The molecule has 0 saturated heterocycles. The molecule has 5 aromatic rings. The number of nitrogens with zero attached hydrogens (tertiary/aromatic N) is 3. The van der Waals surface area contributed by atoms with Gasteiger partial charge in [-0.15, -0.1) is 0 Å². The van der Waals surface area contributed by atoms with Crippen molar-refractivity contribution in [2.75, 3.05) is 0 Å². The second-order valence-electron chi connectivity index (χ2n) is 7.88. The summed E-state index contributed by atoms with van der Waals surface area (Å²) in [5, 5.41) is 5.36. The first-order valence-electron chi connectivity index (χ1n) is 10.4. The Labute approximate surface area is 181 Å². The molecule has 5 rings (SSSR count). The Morgan fingerprint density at radius 2 is 1.61 bits per heavy atom. The van der Waals surface area contributed by atoms with Gasteiger partial charge in [-0.1, -0.05) is 78.0 Å². The predicted octanol–water partition coefficient (Wildman–Crippen LogP) is 5.06. The molecule has 0 aliphatic carbocycles. The highest BCUT2D eigenvalue weighted by atomic mass is 16.5. The maximum atomic E-state index is 6.41. The number of hydrogen-bond acceptors (Lipinski definition) is 4. The van der Waals surface area contributed by atoms with Crippen LogP contribution in [-0.2, 0) is 19.9 Å². The average molecular weight is 409 g/mol. The van der Waals surface area contributed by atoms with Gasteiger partial charge >= 0.3 is 0 Å². The predicted molar refractivity (Wildman–Crippen MR) is 123 cm³/mol. The Bertz CT molecular complexity index is 1300. The lowest BCUT2D eigenvalue weighted by Crippen LogP contribution is -2.13. The third-order valence-corrected chi connectivity index (χ3v) is 5.64. The minimum absolute atomic E-state index is 0.340. The molecular formula is C26H24N4O. The first-order chi connectivity index (χ1) is 15.2. The first kappa shape index (κ1) is 19.3. The Morgan fingerprint density at radius 1 is 0.903 bits per heavy atom. The number of nitrogens with two attached hydrogens (primary N) is 1. The van der Waals surface area contributed by atoms with E-state index in [2.05, 4.69) is 69.4 Å². The van der Waals surface area contributed by atoms with Crippen molar-refractivity contribution in [3.8, 4) is 11.1 Å². The van der Waals surface area contributed by atoms with E-state index in [0.29, 0.717) is 24.6 Å². The van der Waals surface area contributed by atoms with E-state index in [1.165, 1.54) is 27.6 Å². The largest absolute Gasteiger partial charge is 0.350 e. The number of rotatable bonds is 6. The Balaban J connectivity index is 1.28. The van der Waals surface area contributed by atoms with Crippen molar-refractivity contribution < 1.29 is 4.52 Å². The standard InChI is InChI=1S/C26H24N4O/c1-30-17-21(22-9-5-6-10-24(22)30)16-23(27)26-28-25(29-31-26)15-18-11-13-20(14-12-18)19-7-3-2-4-8-19/h2-14,17,23H,15-16,27H2,1H3/t23-/m0/s1. The smallest absolute Gasteiger partial charge is 0.243 e. The summed E-state index contributed by atoms with van der Waals surface area (Å²) in [6.07, 6.45) is 3.38. The van der Waals surface area contributed by atoms with Gasteiger partial charge in [0.05, 0.1) is 6.04 Å². The fraction of sp³-hybridized carbons (Fsp3) is 0.154. The molecule has 2 heterocycles. The van der Waals surface area contributed by atoms with E-state index in [0.717, 1.165) is 5.56 Å². The number of aromatic nitrogens is 3. The Kier molecular flexibility index (Phi) is 5.10. The zero-order valence-corrected chi connectivity index (χ0v) is 17.4. The highest BCUT2D eigenvalue weighted by Gasteiger charge is 2.18. The van der Waals surface area contributed by atoms with Crippen LogP contribution in [0.1, 0.15) is 28.9 Å². The Morgan fingerprint density at radius 3 is 2.42 bits per heavy atom. The summed E-state index contributed by atoms with van der Waals surface area (Å²) in [6, 6.07) is 26.8. The van der Waals surface area contributed by atoms with E-state index in [-0.39, 0.29) is 6.04 Å². The van der Waals surface area contributed by atoms with E-state index < -0.39 is 0 Å². The van der Waals surface area contributed by atoms with Crippen LogP contribution < -0.4 is 5.73 Å². The summed E-state index contributed by atoms with van der Waals surface area (Å²) in [6.45, 7) is 0. The van der Waals surface area contributed by atoms with Crippen molar-refractivity contribution >= 4 is 10.9 Å². The molecule has 0 fully saturated rings. The molecule has 31 heavy (non-hydrogen) atoms. The lowest BCUT2D eigenvalue weighted by atomic mass is 10.0. The van der Waals surface area contributed by atoms with Crippen LogP contribution in [0.25, 0.3) is 22.0 Å². The summed E-state index contributed by atoms with van der Waals surface area (Å²) in [5.41, 5.74) is 12.3. The molecule has 0 spiro atoms. The Hall–Kier alpha value is -3.70. The van der Waals surface area contributed by atoms with Gasteiger partial charge in [-0.25, -0.2) is 0 Å². The van der Waals surface area contributed by atoms with Crippen molar-refractivity contribution in [2.45, 2.75) is 18.9 Å². The first-order valence-corrected chi connectivity index (χ1v) is 10.4. The number of fused-ring (bicyclic) bond motifs is 1. The lowest BCUT2D eigenvalue weighted by molar-refractivity contribution is 0.351. The van der Waals surface area contributed by atoms with Gasteiger partial charge in [0.1, 0.15) is 0 Å². The van der Waals surface area contributed by atoms with Crippen LogP contribution in [0.4, 0.5) is 0 Å². The van der Waals surface area contributed by atoms with Crippen molar-refractivity contribution in [1.82, 2.24) is 14.7 Å². The van der Waals surface area contributed by atoms with Gasteiger partial charge in [0.25, 0.3) is 0 Å². The van der Waals surface area contributed by atoms with Gasteiger partial charge in [-0.05, 0) is 34.7 Å². The highest BCUT2D eigenvalue weighted by molar-refractivity contribution is 5.83. The molecular weight excluding hydrogens is 384 g/mol. The normalized spacial score (nSPS) is 12.3. The molecule has 0 aliphatic rings. The zero-order valence-electron chi connectivity index (χ0n) is 17.4. The molecule has 0 saturated carbocycles. The summed E-state index contributed by atoms with van der Waals surface area (Å²) in [7, 11) is 2.05. The maximum absolute atomic E-state index is 6.41. The molecule has 0 unspecified atom stereocenters. The number of benzene rings is 3. The summed E-state index contributed by atoms with van der Waals surface area (Å²) >= 11 is 0. The molecule has 154 valence electrons. The average Bonchev–Trinajstić information content (AvgIpc) is 3.40. The summed E-state index contributed by atoms with van der Waals surface area (Å²) in [5.74, 6) is 1.12. The van der Waals surface area contributed by atoms with Crippen molar-refractivity contribution in [1.29, 1.82) is 0 Å². The maximum Gasteiger partial charge on any atom is 0.243 e. The molecule has 5 nitrogen and oxygen atoms in total. The van der Waals surface area contributed by atoms with Crippen LogP contribution in [0.3, 0.4) is 0 Å². The molecule has 0 radical (unpaired) electrons. The van der Waals surface area contributed by atoms with Crippen LogP contribution in [0.5, 0.6) is 0 Å². The van der Waals surface area contributed by atoms with Crippen LogP contribution in [0, 0.1) is 0 Å². The van der Waals surface area contributed by atoms with Gasteiger partial charge in [0.2, 0.25) is 5.89 Å². The number of aryl methyl sites for hydroxylation is 1. The minimum atomic E-state index is -0.340. The third kappa shape index (κ3) is 4.00. The summed E-state index contributed by atoms with van der Waals surface area (Å²) in [4.78, 5) is 4.56.